The highest BCUT2D eigenvalue weighted by molar-refractivity contribution is 5.83. The Morgan fingerprint density at radius 2 is 1.82 bits per heavy atom. The Labute approximate surface area is 99.2 Å². The molecule has 90 valence electrons. The van der Waals surface area contributed by atoms with Gasteiger partial charge in [-0.2, -0.15) is 0 Å². The number of fused-ring (bicyclic) bond motifs is 1. The Kier molecular flexibility index (Phi) is 2.88. The third kappa shape index (κ3) is 2.02. The van der Waals surface area contributed by atoms with Crippen LogP contribution in [-0.4, -0.2) is 24.2 Å². The highest BCUT2D eigenvalue weighted by Crippen LogP contribution is 2.40. The van der Waals surface area contributed by atoms with Gasteiger partial charge in [0.1, 0.15) is 0 Å². The number of ether oxygens (including phenoxy) is 1. The van der Waals surface area contributed by atoms with Crippen molar-refractivity contribution in [2.24, 2.45) is 5.41 Å². The number of methoxy groups -OCH3 is 1. The van der Waals surface area contributed by atoms with E-state index in [0.29, 0.717) is 12.8 Å². The number of carbonyl (C=O) groups excluding carboxylic acids is 1. The Morgan fingerprint density at radius 1 is 1.29 bits per heavy atom. The van der Waals surface area contributed by atoms with Crippen molar-refractivity contribution >= 4 is 11.9 Å². The number of rotatable bonds is 3. The molecule has 0 unspecified atom stereocenters. The summed E-state index contributed by atoms with van der Waals surface area (Å²) in [7, 11) is 1.28. The minimum Gasteiger partial charge on any atom is -0.481 e. The van der Waals surface area contributed by atoms with Gasteiger partial charge in [0.15, 0.2) is 0 Å². The molecule has 0 atom stereocenters. The van der Waals surface area contributed by atoms with Crippen LogP contribution in [0.25, 0.3) is 0 Å². The molecule has 0 aromatic heterocycles. The molecule has 1 aliphatic rings. The third-order valence-electron chi connectivity index (χ3n) is 3.34. The van der Waals surface area contributed by atoms with E-state index in [1.54, 1.807) is 0 Å². The van der Waals surface area contributed by atoms with Gasteiger partial charge in [-0.25, -0.2) is 0 Å². The minimum absolute atomic E-state index is 0.0759. The van der Waals surface area contributed by atoms with Crippen LogP contribution in [0.15, 0.2) is 24.3 Å². The third-order valence-corrected chi connectivity index (χ3v) is 3.34. The van der Waals surface area contributed by atoms with Crippen LogP contribution in [0.2, 0.25) is 0 Å². The number of carboxylic acid groups (broad SMARTS) is 1. The summed E-state index contributed by atoms with van der Waals surface area (Å²) in [6, 6.07) is 7.60. The second-order valence-electron chi connectivity index (χ2n) is 4.46. The van der Waals surface area contributed by atoms with Crippen LogP contribution in [0.1, 0.15) is 17.5 Å². The van der Waals surface area contributed by atoms with Crippen LogP contribution < -0.4 is 0 Å². The molecule has 0 bridgehead atoms. The van der Waals surface area contributed by atoms with Gasteiger partial charge in [0.25, 0.3) is 0 Å². The zero-order valence-electron chi connectivity index (χ0n) is 9.60. The molecule has 1 N–H and O–H groups in total. The summed E-state index contributed by atoms with van der Waals surface area (Å²) >= 11 is 0. The van der Waals surface area contributed by atoms with Crippen molar-refractivity contribution in [1.29, 1.82) is 0 Å². The highest BCUT2D eigenvalue weighted by Gasteiger charge is 2.45. The van der Waals surface area contributed by atoms with Gasteiger partial charge in [-0.3, -0.25) is 9.59 Å². The SMILES string of the molecule is COC(=O)CC1(C(=O)O)Cc2ccccc2C1. The second kappa shape index (κ2) is 4.20. The van der Waals surface area contributed by atoms with E-state index in [1.807, 2.05) is 24.3 Å². The summed E-state index contributed by atoms with van der Waals surface area (Å²) in [5, 5.41) is 9.37. The van der Waals surface area contributed by atoms with Crippen molar-refractivity contribution in [2.45, 2.75) is 19.3 Å². The number of hydrogen-bond acceptors (Lipinski definition) is 3. The van der Waals surface area contributed by atoms with Gasteiger partial charge in [-0.05, 0) is 24.0 Å². The molecule has 2 rings (SSSR count). The molecule has 1 aromatic rings. The smallest absolute Gasteiger partial charge is 0.310 e. The van der Waals surface area contributed by atoms with Crippen LogP contribution in [0.3, 0.4) is 0 Å². The van der Waals surface area contributed by atoms with Gasteiger partial charge in [0.05, 0.1) is 18.9 Å². The maximum absolute atomic E-state index is 11.4. The molecule has 1 aromatic carbocycles. The summed E-state index contributed by atoms with van der Waals surface area (Å²) in [6.45, 7) is 0. The van der Waals surface area contributed by atoms with Gasteiger partial charge >= 0.3 is 11.9 Å². The fraction of sp³-hybridized carbons (Fsp3) is 0.385. The van der Waals surface area contributed by atoms with E-state index >= 15 is 0 Å². The summed E-state index contributed by atoms with van der Waals surface area (Å²) in [4.78, 5) is 22.8. The molecule has 0 saturated heterocycles. The van der Waals surface area contributed by atoms with Crippen molar-refractivity contribution in [3.05, 3.63) is 35.4 Å². The molecule has 4 heteroatoms. The van der Waals surface area contributed by atoms with E-state index < -0.39 is 17.4 Å². The highest BCUT2D eigenvalue weighted by atomic mass is 16.5. The van der Waals surface area contributed by atoms with Gasteiger partial charge < -0.3 is 9.84 Å². The summed E-state index contributed by atoms with van der Waals surface area (Å²) in [6.07, 6.45) is 0.717. The van der Waals surface area contributed by atoms with Gasteiger partial charge in [-0.1, -0.05) is 24.3 Å². The van der Waals surface area contributed by atoms with Crippen LogP contribution in [0, 0.1) is 5.41 Å². The summed E-state index contributed by atoms with van der Waals surface area (Å²) < 4.78 is 4.58. The van der Waals surface area contributed by atoms with E-state index in [2.05, 4.69) is 4.74 Å². The maximum atomic E-state index is 11.4. The lowest BCUT2D eigenvalue weighted by atomic mass is 9.81. The first kappa shape index (κ1) is 11.6. The van der Waals surface area contributed by atoms with Gasteiger partial charge in [-0.15, -0.1) is 0 Å². The van der Waals surface area contributed by atoms with Crippen molar-refractivity contribution in [3.8, 4) is 0 Å². The molecule has 17 heavy (non-hydrogen) atoms. The van der Waals surface area contributed by atoms with Crippen molar-refractivity contribution < 1.29 is 19.4 Å². The molecule has 0 heterocycles. The first-order valence-corrected chi connectivity index (χ1v) is 5.44. The molecule has 4 nitrogen and oxygen atoms in total. The Bertz CT molecular complexity index is 439. The molecule has 0 saturated carbocycles. The van der Waals surface area contributed by atoms with Crippen molar-refractivity contribution in [1.82, 2.24) is 0 Å². The molecule has 0 radical (unpaired) electrons. The lowest BCUT2D eigenvalue weighted by molar-refractivity contribution is -0.156. The van der Waals surface area contributed by atoms with Crippen molar-refractivity contribution in [2.75, 3.05) is 7.11 Å². The normalized spacial score (nSPS) is 16.3. The van der Waals surface area contributed by atoms with Gasteiger partial charge in [0.2, 0.25) is 0 Å². The number of carbonyl (C=O) groups is 2. The predicted molar refractivity (Wildman–Crippen MR) is 60.6 cm³/mol. The lowest BCUT2D eigenvalue weighted by Gasteiger charge is -2.22. The van der Waals surface area contributed by atoms with E-state index in [1.165, 1.54) is 7.11 Å². The number of esters is 1. The monoisotopic (exact) mass is 234 g/mol. The molecule has 0 amide bonds. The minimum atomic E-state index is -1.03. The second-order valence-corrected chi connectivity index (χ2v) is 4.46. The lowest BCUT2D eigenvalue weighted by Crippen LogP contribution is -2.34. The first-order chi connectivity index (χ1) is 8.07. The number of carboxylic acids is 1. The molecular formula is C13H14O4. The largest absolute Gasteiger partial charge is 0.481 e. The molecular weight excluding hydrogens is 220 g/mol. The zero-order valence-corrected chi connectivity index (χ0v) is 9.60. The van der Waals surface area contributed by atoms with E-state index in [4.69, 9.17) is 0 Å². The topological polar surface area (TPSA) is 63.6 Å². The fourth-order valence-electron chi connectivity index (χ4n) is 2.39. The van der Waals surface area contributed by atoms with Gasteiger partial charge in [0, 0.05) is 0 Å². The Morgan fingerprint density at radius 3 is 2.24 bits per heavy atom. The molecule has 1 aliphatic carbocycles. The van der Waals surface area contributed by atoms with Crippen LogP contribution >= 0.6 is 0 Å². The number of benzene rings is 1. The quantitative estimate of drug-likeness (QED) is 0.803. The summed E-state index contributed by atoms with van der Waals surface area (Å²) in [5.41, 5.74) is 0.995. The van der Waals surface area contributed by atoms with E-state index in [0.717, 1.165) is 11.1 Å². The molecule has 0 fully saturated rings. The molecule has 0 aliphatic heterocycles. The zero-order chi connectivity index (χ0) is 12.5. The van der Waals surface area contributed by atoms with Crippen LogP contribution in [0.5, 0.6) is 0 Å². The fourth-order valence-corrected chi connectivity index (χ4v) is 2.39. The average molecular weight is 234 g/mol. The summed E-state index contributed by atoms with van der Waals surface area (Å²) in [5.74, 6) is -1.40. The first-order valence-electron chi connectivity index (χ1n) is 5.44. The number of aliphatic carboxylic acids is 1. The van der Waals surface area contributed by atoms with Crippen LogP contribution in [0.4, 0.5) is 0 Å². The van der Waals surface area contributed by atoms with Crippen molar-refractivity contribution in [3.63, 3.8) is 0 Å². The molecule has 0 spiro atoms. The van der Waals surface area contributed by atoms with E-state index in [-0.39, 0.29) is 6.42 Å². The maximum Gasteiger partial charge on any atom is 0.310 e. The Balaban J connectivity index is 2.29. The Hall–Kier alpha value is -1.84. The number of hydrogen-bond donors (Lipinski definition) is 1. The standard InChI is InChI=1S/C13H14O4/c1-17-11(14)8-13(12(15)16)6-9-4-2-3-5-10(9)7-13/h2-5H,6-8H2,1H3,(H,15,16). The van der Waals surface area contributed by atoms with E-state index in [9.17, 15) is 14.7 Å². The average Bonchev–Trinajstić information content (AvgIpc) is 2.68. The van der Waals surface area contributed by atoms with Crippen LogP contribution in [-0.2, 0) is 27.2 Å². The predicted octanol–water partition coefficient (Wildman–Crippen LogP) is 1.42.